The van der Waals surface area contributed by atoms with E-state index in [-0.39, 0.29) is 5.75 Å². The molecular formula is C10H11NO3. The fourth-order valence-electron chi connectivity index (χ4n) is 1.74. The van der Waals surface area contributed by atoms with Gasteiger partial charge in [0.2, 0.25) is 0 Å². The number of hydrogen-bond donors (Lipinski definition) is 3. The Morgan fingerprint density at radius 3 is 2.86 bits per heavy atom. The zero-order valence-electron chi connectivity index (χ0n) is 7.74. The molecule has 4 nitrogen and oxygen atoms in total. The van der Waals surface area contributed by atoms with Crippen molar-refractivity contribution in [2.75, 3.05) is 5.32 Å². The number of nitrogens with one attached hydrogen (secondary N) is 1. The highest BCUT2D eigenvalue weighted by molar-refractivity contribution is 5.83. The Bertz CT molecular complexity index is 370. The Labute approximate surface area is 81.2 Å². The first kappa shape index (κ1) is 8.87. The van der Waals surface area contributed by atoms with Crippen molar-refractivity contribution in [3.63, 3.8) is 0 Å². The molecule has 14 heavy (non-hydrogen) atoms. The fraction of sp³-hybridized carbons (Fsp3) is 0.300. The van der Waals surface area contributed by atoms with Gasteiger partial charge in [-0.15, -0.1) is 0 Å². The van der Waals surface area contributed by atoms with Gasteiger partial charge in [0.15, 0.2) is 0 Å². The summed E-state index contributed by atoms with van der Waals surface area (Å²) in [5.74, 6) is -0.721. The molecule has 0 spiro atoms. The molecule has 0 fully saturated rings. The van der Waals surface area contributed by atoms with Crippen molar-refractivity contribution >= 4 is 11.7 Å². The third-order valence-corrected chi connectivity index (χ3v) is 2.52. The van der Waals surface area contributed by atoms with Crippen LogP contribution in [-0.4, -0.2) is 22.2 Å². The van der Waals surface area contributed by atoms with Crippen LogP contribution in [0.5, 0.6) is 5.75 Å². The van der Waals surface area contributed by atoms with E-state index in [1.807, 2.05) is 6.92 Å². The standard InChI is InChI=1S/C10H11NO3/c1-5-2-3-8(12)6-4-7(10(13)14)11-9(5)6/h2-3,7,11-12H,4H2,1H3,(H,13,14). The number of hydrogen-bond acceptors (Lipinski definition) is 3. The number of rotatable bonds is 1. The molecule has 1 unspecified atom stereocenters. The average Bonchev–Trinajstić information content (AvgIpc) is 2.57. The van der Waals surface area contributed by atoms with Gasteiger partial charge in [-0.05, 0) is 18.6 Å². The molecule has 0 saturated heterocycles. The molecule has 1 atom stereocenters. The molecular weight excluding hydrogens is 182 g/mol. The smallest absolute Gasteiger partial charge is 0.326 e. The first-order chi connectivity index (χ1) is 6.59. The highest BCUT2D eigenvalue weighted by atomic mass is 16.4. The molecule has 3 N–H and O–H groups in total. The minimum atomic E-state index is -0.889. The van der Waals surface area contributed by atoms with Gasteiger partial charge in [-0.25, -0.2) is 4.79 Å². The highest BCUT2D eigenvalue weighted by Gasteiger charge is 2.29. The Hall–Kier alpha value is -1.71. The zero-order chi connectivity index (χ0) is 10.3. The molecule has 0 saturated carbocycles. The van der Waals surface area contributed by atoms with Crippen LogP contribution >= 0.6 is 0 Å². The second-order valence-corrected chi connectivity index (χ2v) is 3.49. The summed E-state index contributed by atoms with van der Waals surface area (Å²) < 4.78 is 0. The van der Waals surface area contributed by atoms with E-state index in [0.29, 0.717) is 12.0 Å². The van der Waals surface area contributed by atoms with Crippen LogP contribution in [0.1, 0.15) is 11.1 Å². The van der Waals surface area contributed by atoms with E-state index in [9.17, 15) is 9.90 Å². The van der Waals surface area contributed by atoms with Gasteiger partial charge in [0.05, 0.1) is 0 Å². The number of benzene rings is 1. The number of carbonyl (C=O) groups is 1. The first-order valence-electron chi connectivity index (χ1n) is 4.40. The van der Waals surface area contributed by atoms with Crippen LogP contribution < -0.4 is 5.32 Å². The van der Waals surface area contributed by atoms with Gasteiger partial charge in [0.1, 0.15) is 11.8 Å². The SMILES string of the molecule is Cc1ccc(O)c2c1NC(C(=O)O)C2. The molecule has 2 rings (SSSR count). The minimum Gasteiger partial charge on any atom is -0.508 e. The molecule has 0 radical (unpaired) electrons. The summed E-state index contributed by atoms with van der Waals surface area (Å²) in [5, 5.41) is 21.2. The van der Waals surface area contributed by atoms with Crippen LogP contribution in [0.2, 0.25) is 0 Å². The van der Waals surface area contributed by atoms with Crippen molar-refractivity contribution in [2.24, 2.45) is 0 Å². The molecule has 0 aromatic heterocycles. The first-order valence-corrected chi connectivity index (χ1v) is 4.40. The van der Waals surface area contributed by atoms with Crippen molar-refractivity contribution in [2.45, 2.75) is 19.4 Å². The van der Waals surface area contributed by atoms with Crippen molar-refractivity contribution < 1.29 is 15.0 Å². The summed E-state index contributed by atoms with van der Waals surface area (Å²) in [7, 11) is 0. The molecule has 0 amide bonds. The van der Waals surface area contributed by atoms with Crippen LogP contribution in [-0.2, 0) is 11.2 Å². The summed E-state index contributed by atoms with van der Waals surface area (Å²) in [6, 6.07) is 2.75. The van der Waals surface area contributed by atoms with Gasteiger partial charge in [0, 0.05) is 17.7 Å². The van der Waals surface area contributed by atoms with E-state index in [2.05, 4.69) is 5.32 Å². The maximum Gasteiger partial charge on any atom is 0.326 e. The maximum atomic E-state index is 10.7. The lowest BCUT2D eigenvalue weighted by Gasteiger charge is -2.06. The third-order valence-electron chi connectivity index (χ3n) is 2.52. The lowest BCUT2D eigenvalue weighted by Crippen LogP contribution is -2.26. The van der Waals surface area contributed by atoms with Gasteiger partial charge < -0.3 is 15.5 Å². The summed E-state index contributed by atoms with van der Waals surface area (Å²) in [4.78, 5) is 10.7. The van der Waals surface area contributed by atoms with Crippen LogP contribution in [0, 0.1) is 6.92 Å². The molecule has 1 aliphatic rings. The largest absolute Gasteiger partial charge is 0.508 e. The molecule has 4 heteroatoms. The summed E-state index contributed by atoms with van der Waals surface area (Å²) in [5.41, 5.74) is 2.43. The van der Waals surface area contributed by atoms with Gasteiger partial charge >= 0.3 is 5.97 Å². The van der Waals surface area contributed by atoms with E-state index in [4.69, 9.17) is 5.11 Å². The number of phenolic OH excluding ortho intramolecular Hbond substituents is 1. The van der Waals surface area contributed by atoms with E-state index in [1.165, 1.54) is 0 Å². The minimum absolute atomic E-state index is 0.168. The molecule has 1 aromatic carbocycles. The third kappa shape index (κ3) is 1.19. The number of phenols is 1. The van der Waals surface area contributed by atoms with E-state index < -0.39 is 12.0 Å². The lowest BCUT2D eigenvalue weighted by atomic mass is 10.1. The van der Waals surface area contributed by atoms with Crippen molar-refractivity contribution in [1.82, 2.24) is 0 Å². The van der Waals surface area contributed by atoms with Crippen LogP contribution in [0.3, 0.4) is 0 Å². The number of carboxylic acid groups (broad SMARTS) is 1. The summed E-state index contributed by atoms with van der Waals surface area (Å²) >= 11 is 0. The van der Waals surface area contributed by atoms with Crippen molar-refractivity contribution in [3.05, 3.63) is 23.3 Å². The topological polar surface area (TPSA) is 69.6 Å². The van der Waals surface area contributed by atoms with Crippen molar-refractivity contribution in [1.29, 1.82) is 0 Å². The van der Waals surface area contributed by atoms with Crippen LogP contribution in [0.15, 0.2) is 12.1 Å². The highest BCUT2D eigenvalue weighted by Crippen LogP contribution is 2.35. The van der Waals surface area contributed by atoms with Gasteiger partial charge in [-0.2, -0.15) is 0 Å². The molecule has 74 valence electrons. The molecule has 0 aliphatic carbocycles. The van der Waals surface area contributed by atoms with Crippen molar-refractivity contribution in [3.8, 4) is 5.75 Å². The fourth-order valence-corrected chi connectivity index (χ4v) is 1.74. The van der Waals surface area contributed by atoms with Gasteiger partial charge in [0.25, 0.3) is 0 Å². The predicted molar refractivity (Wildman–Crippen MR) is 51.6 cm³/mol. The Kier molecular flexibility index (Phi) is 1.84. The maximum absolute atomic E-state index is 10.7. The quantitative estimate of drug-likeness (QED) is 0.625. The van der Waals surface area contributed by atoms with Gasteiger partial charge in [-0.1, -0.05) is 6.07 Å². The second kappa shape index (κ2) is 2.90. The lowest BCUT2D eigenvalue weighted by molar-refractivity contribution is -0.137. The van der Waals surface area contributed by atoms with E-state index >= 15 is 0 Å². The Morgan fingerprint density at radius 2 is 2.29 bits per heavy atom. The number of aliphatic carboxylic acids is 1. The van der Waals surface area contributed by atoms with Crippen LogP contribution in [0.4, 0.5) is 5.69 Å². The van der Waals surface area contributed by atoms with Gasteiger partial charge in [-0.3, -0.25) is 0 Å². The Balaban J connectivity index is 2.43. The molecule has 0 bridgehead atoms. The number of carboxylic acids is 1. The number of anilines is 1. The number of aromatic hydroxyl groups is 1. The van der Waals surface area contributed by atoms with E-state index in [1.54, 1.807) is 12.1 Å². The average molecular weight is 193 g/mol. The second-order valence-electron chi connectivity index (χ2n) is 3.49. The molecule has 1 aromatic rings. The van der Waals surface area contributed by atoms with E-state index in [0.717, 1.165) is 11.3 Å². The molecule has 1 heterocycles. The molecule has 1 aliphatic heterocycles. The number of fused-ring (bicyclic) bond motifs is 1. The normalized spacial score (nSPS) is 18.8. The number of aryl methyl sites for hydroxylation is 1. The predicted octanol–water partition coefficient (Wildman–Crippen LogP) is 1.12. The monoisotopic (exact) mass is 193 g/mol. The summed E-state index contributed by atoms with van der Waals surface area (Å²) in [6.45, 7) is 1.88. The summed E-state index contributed by atoms with van der Waals surface area (Å²) in [6.07, 6.45) is 0.345. The zero-order valence-corrected chi connectivity index (χ0v) is 7.74. The Morgan fingerprint density at radius 1 is 1.57 bits per heavy atom. The van der Waals surface area contributed by atoms with Crippen LogP contribution in [0.25, 0.3) is 0 Å².